The van der Waals surface area contributed by atoms with Gasteiger partial charge in [0.05, 0.1) is 17.6 Å². The molecule has 0 amide bonds. The van der Waals surface area contributed by atoms with Gasteiger partial charge in [-0.15, -0.1) is 10.2 Å². The number of ketones is 1. The van der Waals surface area contributed by atoms with E-state index in [4.69, 9.17) is 9.15 Å². The lowest BCUT2D eigenvalue weighted by atomic mass is 10.0. The summed E-state index contributed by atoms with van der Waals surface area (Å²) < 4.78 is 11.7. The Morgan fingerprint density at radius 3 is 2.54 bits per heavy atom. The van der Waals surface area contributed by atoms with Crippen molar-refractivity contribution < 1.29 is 13.9 Å². The minimum absolute atomic E-state index is 0.132. The number of benzene rings is 3. The number of tetrazole rings is 1. The molecule has 3 aromatic carbocycles. The summed E-state index contributed by atoms with van der Waals surface area (Å²) in [5.41, 5.74) is 1.95. The third-order valence-electron chi connectivity index (χ3n) is 5.65. The van der Waals surface area contributed by atoms with Crippen molar-refractivity contribution in [2.75, 3.05) is 6.61 Å². The normalized spacial score (nSPS) is 11.0. The fourth-order valence-corrected chi connectivity index (χ4v) is 3.86. The molecule has 0 fully saturated rings. The molecular weight excluding hydrogens is 444 g/mol. The minimum atomic E-state index is -0.295. The van der Waals surface area contributed by atoms with Gasteiger partial charge < -0.3 is 9.15 Å². The van der Waals surface area contributed by atoms with Crippen molar-refractivity contribution in [3.05, 3.63) is 106 Å². The van der Waals surface area contributed by atoms with Gasteiger partial charge in [0.25, 0.3) is 0 Å². The summed E-state index contributed by atoms with van der Waals surface area (Å²) in [5, 5.41) is 13.8. The molecular formula is C27H22N4O4. The number of para-hydroxylation sites is 1. The van der Waals surface area contributed by atoms with Crippen LogP contribution in [0, 0.1) is 0 Å². The third-order valence-corrected chi connectivity index (χ3v) is 5.65. The van der Waals surface area contributed by atoms with Crippen molar-refractivity contribution in [1.82, 2.24) is 20.6 Å². The van der Waals surface area contributed by atoms with Crippen LogP contribution in [0.2, 0.25) is 0 Å². The molecule has 5 aromatic rings. The molecule has 0 bridgehead atoms. The van der Waals surface area contributed by atoms with Gasteiger partial charge in [-0.2, -0.15) is 5.21 Å². The maximum atomic E-state index is 13.3. The number of aromatic amines is 1. The predicted molar refractivity (Wildman–Crippen MR) is 130 cm³/mol. The molecule has 8 heteroatoms. The summed E-state index contributed by atoms with van der Waals surface area (Å²) in [6.07, 6.45) is 3.00. The maximum Gasteiger partial charge on any atom is 0.239 e. The molecule has 8 nitrogen and oxygen atoms in total. The van der Waals surface area contributed by atoms with Crippen LogP contribution in [0.15, 0.2) is 88.1 Å². The van der Waals surface area contributed by atoms with E-state index in [1.807, 2.05) is 18.2 Å². The number of carbonyl (C=O) groups excluding carboxylic acids is 1. The van der Waals surface area contributed by atoms with E-state index in [0.29, 0.717) is 23.3 Å². The number of unbranched alkanes of at least 4 members (excludes halogenated alkanes) is 1. The highest BCUT2D eigenvalue weighted by molar-refractivity contribution is 6.15. The highest BCUT2D eigenvalue weighted by atomic mass is 16.5. The van der Waals surface area contributed by atoms with Crippen molar-refractivity contribution >= 4 is 16.8 Å². The van der Waals surface area contributed by atoms with Crippen LogP contribution in [-0.2, 0) is 6.42 Å². The highest BCUT2D eigenvalue weighted by Crippen LogP contribution is 2.24. The average molecular weight is 466 g/mol. The lowest BCUT2D eigenvalue weighted by molar-refractivity contribution is 0.103. The fraction of sp³-hybridized carbons (Fsp3) is 0.148. The van der Waals surface area contributed by atoms with Crippen molar-refractivity contribution in [2.24, 2.45) is 0 Å². The number of nitrogens with zero attached hydrogens (tertiary/aromatic N) is 3. The molecule has 0 aliphatic heterocycles. The summed E-state index contributed by atoms with van der Waals surface area (Å²) in [6, 6.07) is 23.5. The number of aryl methyl sites for hydroxylation is 1. The summed E-state index contributed by atoms with van der Waals surface area (Å²) in [4.78, 5) is 25.9. The summed E-state index contributed by atoms with van der Waals surface area (Å²) in [7, 11) is 0. The van der Waals surface area contributed by atoms with Crippen molar-refractivity contribution in [3.8, 4) is 17.3 Å². The van der Waals surface area contributed by atoms with Crippen LogP contribution < -0.4 is 10.2 Å². The molecule has 0 aliphatic rings. The maximum absolute atomic E-state index is 13.3. The fourth-order valence-electron chi connectivity index (χ4n) is 3.86. The molecule has 2 heterocycles. The summed E-state index contributed by atoms with van der Waals surface area (Å²) in [6.45, 7) is 0.605. The van der Waals surface area contributed by atoms with Crippen LogP contribution in [0.5, 0.6) is 5.75 Å². The molecule has 1 N–H and O–H groups in total. The Morgan fingerprint density at radius 1 is 0.943 bits per heavy atom. The van der Waals surface area contributed by atoms with E-state index >= 15 is 0 Å². The van der Waals surface area contributed by atoms with Gasteiger partial charge in [0, 0.05) is 11.6 Å². The first-order valence-corrected chi connectivity index (χ1v) is 11.3. The second-order valence-electron chi connectivity index (χ2n) is 8.04. The molecule has 174 valence electrons. The lowest BCUT2D eigenvalue weighted by Gasteiger charge is -2.08. The number of hydrogen-bond donors (Lipinski definition) is 1. The zero-order chi connectivity index (χ0) is 24.0. The third kappa shape index (κ3) is 5.01. The van der Waals surface area contributed by atoms with Crippen LogP contribution in [0.25, 0.3) is 22.6 Å². The first-order valence-electron chi connectivity index (χ1n) is 11.3. The van der Waals surface area contributed by atoms with Crippen molar-refractivity contribution in [3.63, 3.8) is 0 Å². The lowest BCUT2D eigenvalue weighted by Crippen LogP contribution is -2.07. The molecule has 0 aliphatic carbocycles. The Labute approximate surface area is 200 Å². The van der Waals surface area contributed by atoms with E-state index in [-0.39, 0.29) is 33.9 Å². The first kappa shape index (κ1) is 22.2. The van der Waals surface area contributed by atoms with Crippen LogP contribution in [-0.4, -0.2) is 33.0 Å². The van der Waals surface area contributed by atoms with E-state index in [2.05, 4.69) is 32.8 Å². The Bertz CT molecular complexity index is 1490. The summed E-state index contributed by atoms with van der Waals surface area (Å²) in [5.74, 6) is 0.701. The zero-order valence-electron chi connectivity index (χ0n) is 18.8. The Hall–Kier alpha value is -4.59. The number of ether oxygens (including phenoxy) is 1. The molecule has 2 aromatic heterocycles. The van der Waals surface area contributed by atoms with Gasteiger partial charge in [-0.05, 0) is 66.4 Å². The number of fused-ring (bicyclic) bond motifs is 1. The van der Waals surface area contributed by atoms with Gasteiger partial charge in [0.1, 0.15) is 11.3 Å². The molecule has 0 saturated carbocycles. The van der Waals surface area contributed by atoms with Gasteiger partial charge in [-0.1, -0.05) is 36.4 Å². The molecule has 0 radical (unpaired) electrons. The van der Waals surface area contributed by atoms with Crippen molar-refractivity contribution in [1.29, 1.82) is 0 Å². The van der Waals surface area contributed by atoms with Gasteiger partial charge in [-0.25, -0.2) is 0 Å². The monoisotopic (exact) mass is 466 g/mol. The van der Waals surface area contributed by atoms with E-state index in [1.165, 1.54) is 11.6 Å². The van der Waals surface area contributed by atoms with Crippen LogP contribution >= 0.6 is 0 Å². The van der Waals surface area contributed by atoms with E-state index in [1.54, 1.807) is 42.5 Å². The van der Waals surface area contributed by atoms with Gasteiger partial charge in [-0.3, -0.25) is 9.59 Å². The van der Waals surface area contributed by atoms with E-state index in [0.717, 1.165) is 19.3 Å². The Balaban J connectivity index is 1.28. The minimum Gasteiger partial charge on any atom is -0.494 e. The SMILES string of the molecule is O=C(c1ccc(OCCCCc2ccccc2)cc1)c1cccc2c(=O)cc(-c3nn[nH]n3)oc12. The number of hydrogen-bond acceptors (Lipinski definition) is 7. The summed E-state index contributed by atoms with van der Waals surface area (Å²) >= 11 is 0. The molecule has 0 spiro atoms. The predicted octanol–water partition coefficient (Wildman–Crippen LogP) is 4.61. The molecule has 0 atom stereocenters. The van der Waals surface area contributed by atoms with Crippen molar-refractivity contribution in [2.45, 2.75) is 19.3 Å². The zero-order valence-corrected chi connectivity index (χ0v) is 18.8. The molecule has 5 rings (SSSR count). The Kier molecular flexibility index (Phi) is 6.43. The molecule has 35 heavy (non-hydrogen) atoms. The highest BCUT2D eigenvalue weighted by Gasteiger charge is 2.18. The standard InChI is InChI=1S/C27H22N4O4/c32-23-17-24(27-28-30-31-29-27)35-26-21(23)10-6-11-22(26)25(33)19-12-14-20(15-13-19)34-16-5-4-9-18-7-2-1-3-8-18/h1-3,6-8,10-15,17H,4-5,9,16H2,(H,28,29,30,31). The van der Waals surface area contributed by atoms with Crippen LogP contribution in [0.3, 0.4) is 0 Å². The smallest absolute Gasteiger partial charge is 0.239 e. The second-order valence-corrected chi connectivity index (χ2v) is 8.04. The van der Waals surface area contributed by atoms with Crippen LogP contribution in [0.1, 0.15) is 34.3 Å². The number of nitrogens with one attached hydrogen (secondary N) is 1. The second kappa shape index (κ2) is 10.1. The van der Waals surface area contributed by atoms with Gasteiger partial charge >= 0.3 is 0 Å². The number of carbonyl (C=O) groups is 1. The quantitative estimate of drug-likeness (QED) is 0.249. The number of aromatic nitrogens is 4. The van der Waals surface area contributed by atoms with E-state index < -0.39 is 0 Å². The number of rotatable bonds is 9. The number of H-pyrrole nitrogens is 1. The van der Waals surface area contributed by atoms with Gasteiger partial charge in [0.2, 0.25) is 5.82 Å². The van der Waals surface area contributed by atoms with Crippen LogP contribution in [0.4, 0.5) is 0 Å². The van der Waals surface area contributed by atoms with E-state index in [9.17, 15) is 9.59 Å². The largest absolute Gasteiger partial charge is 0.494 e. The first-order chi connectivity index (χ1) is 17.2. The molecule has 0 unspecified atom stereocenters. The average Bonchev–Trinajstić information content (AvgIpc) is 3.44. The topological polar surface area (TPSA) is 111 Å². The Morgan fingerprint density at radius 2 is 1.77 bits per heavy atom. The van der Waals surface area contributed by atoms with Gasteiger partial charge in [0.15, 0.2) is 17.0 Å². The molecule has 0 saturated heterocycles.